The molecule has 2 saturated heterocycles. The van der Waals surface area contributed by atoms with Gasteiger partial charge in [-0.15, -0.1) is 0 Å². The van der Waals surface area contributed by atoms with Crippen molar-refractivity contribution in [3.63, 3.8) is 0 Å². The Hall–Kier alpha value is -4.29. The molecule has 0 radical (unpaired) electrons. The first kappa shape index (κ1) is 27.9. The van der Waals surface area contributed by atoms with Gasteiger partial charge >= 0.3 is 6.18 Å². The summed E-state index contributed by atoms with van der Waals surface area (Å²) in [6.45, 7) is 4.25. The average molecular weight is 578 g/mol. The molecule has 0 aliphatic carbocycles. The number of nitrogens with one attached hydrogen (secondary N) is 3. The molecule has 12 heteroatoms. The Morgan fingerprint density at radius 3 is 2.57 bits per heavy atom. The molecule has 2 aromatic carbocycles. The van der Waals surface area contributed by atoms with Gasteiger partial charge in [-0.3, -0.25) is 4.79 Å². The highest BCUT2D eigenvalue weighted by Gasteiger charge is 2.34. The van der Waals surface area contributed by atoms with Crippen LogP contribution in [0.5, 0.6) is 0 Å². The highest BCUT2D eigenvalue weighted by atomic mass is 19.4. The summed E-state index contributed by atoms with van der Waals surface area (Å²) in [6, 6.07) is 14.6. The van der Waals surface area contributed by atoms with Crippen molar-refractivity contribution < 1.29 is 22.7 Å². The van der Waals surface area contributed by atoms with E-state index in [9.17, 15) is 18.0 Å². The molecule has 9 nitrogen and oxygen atoms in total. The van der Waals surface area contributed by atoms with Gasteiger partial charge < -0.3 is 25.6 Å². The molecule has 4 aromatic rings. The largest absolute Gasteiger partial charge is 0.417 e. The lowest BCUT2D eigenvalue weighted by molar-refractivity contribution is -0.137. The molecule has 1 amide bonds. The quantitative estimate of drug-likeness (QED) is 0.289. The maximum atomic E-state index is 14.0. The molecule has 6 rings (SSSR count). The molecule has 218 valence electrons. The second kappa shape index (κ2) is 11.9. The van der Waals surface area contributed by atoms with Gasteiger partial charge in [-0.1, -0.05) is 18.2 Å². The molecule has 4 heterocycles. The number of anilines is 3. The van der Waals surface area contributed by atoms with Crippen LogP contribution in [0, 0.1) is 0 Å². The number of carbonyl (C=O) groups is 1. The smallest absolute Gasteiger partial charge is 0.378 e. The lowest BCUT2D eigenvalue weighted by Crippen LogP contribution is -2.37. The zero-order valence-corrected chi connectivity index (χ0v) is 22.7. The third-order valence-corrected chi connectivity index (χ3v) is 7.48. The molecule has 2 aromatic heterocycles. The zero-order valence-electron chi connectivity index (χ0n) is 22.7. The molecule has 2 fully saturated rings. The summed E-state index contributed by atoms with van der Waals surface area (Å²) in [5, 5.41) is 9.70. The van der Waals surface area contributed by atoms with E-state index >= 15 is 0 Å². The van der Waals surface area contributed by atoms with Crippen LogP contribution in [0.1, 0.15) is 28.9 Å². The maximum Gasteiger partial charge on any atom is 0.417 e. The van der Waals surface area contributed by atoms with E-state index in [-0.39, 0.29) is 34.5 Å². The lowest BCUT2D eigenvalue weighted by Gasteiger charge is -2.28. The van der Waals surface area contributed by atoms with Crippen LogP contribution in [0.4, 0.5) is 30.5 Å². The topological polar surface area (TPSA) is 104 Å². The van der Waals surface area contributed by atoms with Crippen LogP contribution in [-0.4, -0.2) is 66.3 Å². The van der Waals surface area contributed by atoms with Crippen LogP contribution in [0.25, 0.3) is 22.2 Å². The van der Waals surface area contributed by atoms with Gasteiger partial charge in [-0.2, -0.15) is 18.2 Å². The number of morpholine rings is 1. The van der Waals surface area contributed by atoms with Crippen LogP contribution in [-0.2, 0) is 10.9 Å². The van der Waals surface area contributed by atoms with Crippen molar-refractivity contribution in [1.29, 1.82) is 0 Å². The Balaban J connectivity index is 1.32. The fraction of sp³-hybridized carbons (Fsp3) is 0.333. The fourth-order valence-corrected chi connectivity index (χ4v) is 5.30. The van der Waals surface area contributed by atoms with Gasteiger partial charge in [0.25, 0.3) is 5.91 Å². The highest BCUT2D eigenvalue weighted by molar-refractivity contribution is 6.02. The van der Waals surface area contributed by atoms with Crippen molar-refractivity contribution in [2.45, 2.75) is 25.1 Å². The number of fused-ring (bicyclic) bond motifs is 1. The minimum absolute atomic E-state index is 0.0651. The average Bonchev–Trinajstić information content (AvgIpc) is 3.53. The summed E-state index contributed by atoms with van der Waals surface area (Å²) in [5.41, 5.74) is 0.981. The van der Waals surface area contributed by atoms with Crippen LogP contribution >= 0.6 is 0 Å². The summed E-state index contributed by atoms with van der Waals surface area (Å²) in [7, 11) is 0. The first-order chi connectivity index (χ1) is 20.3. The van der Waals surface area contributed by atoms with E-state index < -0.39 is 17.6 Å². The number of ether oxygens (including phenoxy) is 1. The standard InChI is InChI=1S/C30H30F3N7O2/c31-30(32,33)25-6-2-1-5-23(25)24-16-19-17-36-29(37-20-7-9-22(10-8-20)40-12-14-42-15-13-40)39-27(19)38-26(24)28(41)35-18-21-4-3-11-34-21/h1-2,5-10,16-17,21,34H,3-4,11-15,18H2,(H,35,41)(H,36,37,38,39). The number of aromatic nitrogens is 3. The van der Waals surface area contributed by atoms with Crippen LogP contribution in [0.3, 0.4) is 0 Å². The van der Waals surface area contributed by atoms with Gasteiger partial charge in [0.05, 0.1) is 18.8 Å². The first-order valence-corrected chi connectivity index (χ1v) is 13.9. The zero-order chi connectivity index (χ0) is 29.1. The predicted molar refractivity (Wildman–Crippen MR) is 154 cm³/mol. The molecule has 0 bridgehead atoms. The summed E-state index contributed by atoms with van der Waals surface area (Å²) in [6.07, 6.45) is -1.22. The fourth-order valence-electron chi connectivity index (χ4n) is 5.30. The third-order valence-electron chi connectivity index (χ3n) is 7.48. The number of benzene rings is 2. The SMILES string of the molecule is O=C(NCC1CCCN1)c1nc2nc(Nc3ccc(N4CCOCC4)cc3)ncc2cc1-c1ccccc1C(F)(F)F. The van der Waals surface area contributed by atoms with E-state index in [0.717, 1.165) is 49.9 Å². The third kappa shape index (κ3) is 6.14. The molecule has 3 N–H and O–H groups in total. The van der Waals surface area contributed by atoms with E-state index in [4.69, 9.17) is 4.74 Å². The van der Waals surface area contributed by atoms with Crippen molar-refractivity contribution in [3.8, 4) is 11.1 Å². The number of hydrogen-bond donors (Lipinski definition) is 3. The number of amides is 1. The summed E-state index contributed by atoms with van der Waals surface area (Å²) in [4.78, 5) is 29.0. The van der Waals surface area contributed by atoms with E-state index in [1.54, 1.807) is 0 Å². The van der Waals surface area contributed by atoms with Crippen LogP contribution in [0.2, 0.25) is 0 Å². The number of carbonyl (C=O) groups excluding carboxylic acids is 1. The molecular weight excluding hydrogens is 547 g/mol. The predicted octanol–water partition coefficient (Wildman–Crippen LogP) is 4.77. The Morgan fingerprint density at radius 1 is 1.05 bits per heavy atom. The Morgan fingerprint density at radius 2 is 1.83 bits per heavy atom. The van der Waals surface area contributed by atoms with Gasteiger partial charge in [0.2, 0.25) is 5.95 Å². The molecule has 1 unspecified atom stereocenters. The van der Waals surface area contributed by atoms with Crippen molar-refractivity contribution in [1.82, 2.24) is 25.6 Å². The van der Waals surface area contributed by atoms with Gasteiger partial charge in [0, 0.05) is 54.2 Å². The molecule has 0 saturated carbocycles. The van der Waals surface area contributed by atoms with E-state index in [1.165, 1.54) is 30.5 Å². The minimum atomic E-state index is -4.62. The van der Waals surface area contributed by atoms with Crippen molar-refractivity contribution >= 4 is 34.3 Å². The van der Waals surface area contributed by atoms with Crippen LogP contribution < -0.4 is 20.9 Å². The molecule has 42 heavy (non-hydrogen) atoms. The first-order valence-electron chi connectivity index (χ1n) is 13.9. The molecular formula is C30H30F3N7O2. The van der Waals surface area contributed by atoms with Crippen molar-refractivity contribution in [2.24, 2.45) is 0 Å². The van der Waals surface area contributed by atoms with E-state index in [2.05, 4.69) is 35.8 Å². The number of halogens is 3. The number of alkyl halides is 3. The van der Waals surface area contributed by atoms with Gasteiger partial charge in [0.1, 0.15) is 5.69 Å². The summed E-state index contributed by atoms with van der Waals surface area (Å²) < 4.78 is 47.3. The lowest BCUT2D eigenvalue weighted by atomic mass is 9.96. The Bertz CT molecular complexity index is 1570. The molecule has 1 atom stereocenters. The second-order valence-electron chi connectivity index (χ2n) is 10.3. The van der Waals surface area contributed by atoms with E-state index in [1.807, 2.05) is 24.3 Å². The number of rotatable bonds is 7. The minimum Gasteiger partial charge on any atom is -0.378 e. The van der Waals surface area contributed by atoms with Crippen molar-refractivity contribution in [3.05, 3.63) is 72.1 Å². The maximum absolute atomic E-state index is 14.0. The summed E-state index contributed by atoms with van der Waals surface area (Å²) in [5.74, 6) is -0.316. The molecule has 2 aliphatic heterocycles. The van der Waals surface area contributed by atoms with Crippen LogP contribution in [0.15, 0.2) is 60.8 Å². The molecule has 0 spiro atoms. The van der Waals surface area contributed by atoms with Crippen molar-refractivity contribution in [2.75, 3.05) is 49.6 Å². The summed E-state index contributed by atoms with van der Waals surface area (Å²) >= 11 is 0. The number of nitrogens with zero attached hydrogens (tertiary/aromatic N) is 4. The number of pyridine rings is 1. The normalized spacial score (nSPS) is 17.4. The second-order valence-corrected chi connectivity index (χ2v) is 10.3. The van der Waals surface area contributed by atoms with Gasteiger partial charge in [0.15, 0.2) is 5.65 Å². The van der Waals surface area contributed by atoms with E-state index in [0.29, 0.717) is 25.1 Å². The van der Waals surface area contributed by atoms with Gasteiger partial charge in [-0.05, 0) is 61.3 Å². The number of hydrogen-bond acceptors (Lipinski definition) is 8. The monoisotopic (exact) mass is 577 g/mol. The molecule has 2 aliphatic rings. The Labute approximate surface area is 240 Å². The van der Waals surface area contributed by atoms with Gasteiger partial charge in [-0.25, -0.2) is 9.97 Å². The Kier molecular flexibility index (Phi) is 7.90. The highest BCUT2D eigenvalue weighted by Crippen LogP contribution is 2.38.